The molecule has 5 fully saturated rings. The van der Waals surface area contributed by atoms with Gasteiger partial charge in [0.2, 0.25) is 0 Å². The summed E-state index contributed by atoms with van der Waals surface area (Å²) >= 11 is 6.21. The highest BCUT2D eigenvalue weighted by molar-refractivity contribution is 6.30. The third-order valence-electron chi connectivity index (χ3n) is 18.7. The molecule has 0 spiro atoms. The minimum Gasteiger partial charge on any atom is -0.481 e. The van der Waals surface area contributed by atoms with E-state index in [0.717, 1.165) is 69.9 Å². The zero-order chi connectivity index (χ0) is 43.2. The molecule has 1 N–H and O–H groups in total. The summed E-state index contributed by atoms with van der Waals surface area (Å²) in [4.78, 5) is 58.0. The van der Waals surface area contributed by atoms with Gasteiger partial charge in [-0.3, -0.25) is 19.2 Å². The molecular weight excluding hydrogens is 760 g/mol. The van der Waals surface area contributed by atoms with Crippen molar-refractivity contribution < 1.29 is 29.0 Å². The number of aliphatic carboxylic acids is 1. The van der Waals surface area contributed by atoms with E-state index < -0.39 is 17.3 Å². The van der Waals surface area contributed by atoms with Crippen molar-refractivity contribution in [1.82, 2.24) is 9.80 Å². The molecule has 9 heteroatoms. The summed E-state index contributed by atoms with van der Waals surface area (Å²) in [6, 6.07) is 7.21. The molecule has 6 aliphatic rings. The molecule has 0 unspecified atom stereocenters. The van der Waals surface area contributed by atoms with Gasteiger partial charge in [0, 0.05) is 47.5 Å². The highest BCUT2D eigenvalue weighted by atomic mass is 35.5. The van der Waals surface area contributed by atoms with Crippen molar-refractivity contribution in [3.05, 3.63) is 46.0 Å². The Morgan fingerprint density at radius 2 is 1.49 bits per heavy atom. The maximum Gasteiger partial charge on any atom is 0.309 e. The molecule has 0 heterocycles. The van der Waals surface area contributed by atoms with Gasteiger partial charge in [-0.15, -0.1) is 0 Å². The van der Waals surface area contributed by atoms with Crippen LogP contribution in [0.4, 0.5) is 0 Å². The Morgan fingerprint density at radius 1 is 0.814 bits per heavy atom. The van der Waals surface area contributed by atoms with Gasteiger partial charge in [0.15, 0.2) is 5.78 Å². The van der Waals surface area contributed by atoms with E-state index in [2.05, 4.69) is 53.4 Å². The zero-order valence-electron chi connectivity index (χ0n) is 38.0. The molecule has 326 valence electrons. The number of nitrogens with zero attached hydrogens (tertiary/aromatic N) is 2. The standard InChI is InChI=1S/C50H73ClN2O6/c1-30(2)40-36(54)29-50(24-25-53(27-26-52(10)11)42(55)31-12-14-32(51)15-13-31)23-22-48(8)33(41(40)50)16-17-38-47(7)20-19-39(46(5,6)37(47)18-21-49(38,48)9)59-44(58)35-28-34(43(56)57)45(35,3)4/h12-15,30,33-35,37-39H,16-29H2,1-11H3,(H,56,57)/t33-,34-,35+,37+,38-,39+,47+,48-,49-,50-/m1/s1. The van der Waals surface area contributed by atoms with E-state index in [1.54, 1.807) is 12.1 Å². The number of hydrogen-bond acceptors (Lipinski definition) is 6. The van der Waals surface area contributed by atoms with Crippen molar-refractivity contribution in [2.45, 2.75) is 139 Å². The number of allylic oxidation sites excluding steroid dienone is 2. The van der Waals surface area contributed by atoms with Gasteiger partial charge in [-0.05, 0) is 153 Å². The average molecular weight is 834 g/mol. The number of carbonyl (C=O) groups is 4. The monoisotopic (exact) mass is 833 g/mol. The summed E-state index contributed by atoms with van der Waals surface area (Å²) in [7, 11) is 4.08. The number of rotatable bonds is 11. The molecule has 59 heavy (non-hydrogen) atoms. The Morgan fingerprint density at radius 3 is 2.10 bits per heavy atom. The number of ether oxygens (including phenoxy) is 1. The molecule has 0 aromatic heterocycles. The number of Topliss-reactive ketones (excluding diaryl/α,β-unsaturated/α-hetero) is 1. The number of fused-ring (bicyclic) bond motifs is 7. The molecule has 10 atom stereocenters. The average Bonchev–Trinajstić information content (AvgIpc) is 3.44. The highest BCUT2D eigenvalue weighted by Gasteiger charge is 2.70. The van der Waals surface area contributed by atoms with Gasteiger partial charge >= 0.3 is 11.9 Å². The Bertz CT molecular complexity index is 1880. The summed E-state index contributed by atoms with van der Waals surface area (Å²) in [5.41, 5.74) is 2.32. The third kappa shape index (κ3) is 6.95. The van der Waals surface area contributed by atoms with Crippen LogP contribution in [-0.4, -0.2) is 78.4 Å². The SMILES string of the molecule is CC(C)C1=C2[C@H]3CC[C@@H]4[C@@]5(C)CC[C@H](OC(=O)[C@@H]6C[C@H](C(=O)O)C6(C)C)C(C)(C)[C@@H]5CC[C@@]4(C)[C@]3(C)CC[C@@]2(CCN(CCN(C)C)C(=O)c2ccc(Cl)cc2)CC1=O. The van der Waals surface area contributed by atoms with Crippen molar-refractivity contribution in [2.75, 3.05) is 33.7 Å². The first kappa shape index (κ1) is 44.3. The smallest absolute Gasteiger partial charge is 0.309 e. The van der Waals surface area contributed by atoms with E-state index in [0.29, 0.717) is 60.1 Å². The van der Waals surface area contributed by atoms with Gasteiger partial charge in [0.05, 0.1) is 11.8 Å². The lowest BCUT2D eigenvalue weighted by Gasteiger charge is -2.72. The number of ketones is 1. The fraction of sp³-hybridized carbons (Fsp3) is 0.760. The van der Waals surface area contributed by atoms with E-state index in [9.17, 15) is 24.3 Å². The minimum atomic E-state index is -0.828. The molecule has 7 rings (SSSR count). The second-order valence-corrected chi connectivity index (χ2v) is 23.1. The number of carbonyl (C=O) groups excluding carboxylic acids is 3. The molecule has 1 aromatic rings. The fourth-order valence-electron chi connectivity index (χ4n) is 15.0. The van der Waals surface area contributed by atoms with Crippen molar-refractivity contribution in [3.63, 3.8) is 0 Å². The molecule has 6 aliphatic carbocycles. The van der Waals surface area contributed by atoms with Gasteiger partial charge in [0.25, 0.3) is 5.91 Å². The van der Waals surface area contributed by atoms with Crippen molar-refractivity contribution >= 4 is 35.2 Å². The summed E-state index contributed by atoms with van der Waals surface area (Å²) in [5, 5.41) is 10.3. The number of carboxylic acids is 1. The molecule has 5 saturated carbocycles. The second-order valence-electron chi connectivity index (χ2n) is 22.6. The van der Waals surface area contributed by atoms with E-state index in [1.165, 1.54) is 5.57 Å². The number of carboxylic acid groups (broad SMARTS) is 1. The van der Waals surface area contributed by atoms with Gasteiger partial charge in [-0.25, -0.2) is 0 Å². The summed E-state index contributed by atoms with van der Waals surface area (Å²) in [5.74, 6) is -0.208. The topological polar surface area (TPSA) is 104 Å². The fourth-order valence-corrected chi connectivity index (χ4v) is 15.1. The summed E-state index contributed by atoms with van der Waals surface area (Å²) < 4.78 is 6.45. The quantitative estimate of drug-likeness (QED) is 0.221. The summed E-state index contributed by atoms with van der Waals surface area (Å²) in [6.07, 6.45) is 9.81. The van der Waals surface area contributed by atoms with Crippen LogP contribution in [0.5, 0.6) is 0 Å². The van der Waals surface area contributed by atoms with Gasteiger partial charge in [0.1, 0.15) is 6.10 Å². The van der Waals surface area contributed by atoms with Crippen molar-refractivity contribution in [1.29, 1.82) is 0 Å². The molecule has 1 aromatic carbocycles. The van der Waals surface area contributed by atoms with Crippen molar-refractivity contribution in [3.8, 4) is 0 Å². The van der Waals surface area contributed by atoms with Gasteiger partial charge < -0.3 is 19.6 Å². The molecule has 0 bridgehead atoms. The van der Waals surface area contributed by atoms with E-state index in [1.807, 2.05) is 45.0 Å². The van der Waals surface area contributed by atoms with Crippen LogP contribution >= 0.6 is 11.6 Å². The minimum absolute atomic E-state index is 0.0173. The van der Waals surface area contributed by atoms with Crippen molar-refractivity contribution in [2.24, 2.45) is 68.0 Å². The number of hydrogen-bond donors (Lipinski definition) is 1. The van der Waals surface area contributed by atoms with Crippen LogP contribution in [0.25, 0.3) is 0 Å². The maximum absolute atomic E-state index is 14.3. The molecule has 0 radical (unpaired) electrons. The van der Waals surface area contributed by atoms with Crippen LogP contribution in [0.15, 0.2) is 35.4 Å². The van der Waals surface area contributed by atoms with Gasteiger partial charge in [-0.1, -0.05) is 79.5 Å². The number of esters is 1. The Labute approximate surface area is 359 Å². The molecule has 0 saturated heterocycles. The molecule has 1 amide bonds. The molecule has 0 aliphatic heterocycles. The van der Waals surface area contributed by atoms with E-state index in [-0.39, 0.29) is 56.9 Å². The van der Waals surface area contributed by atoms with Crippen LogP contribution in [0.1, 0.15) is 143 Å². The van der Waals surface area contributed by atoms with E-state index in [4.69, 9.17) is 16.3 Å². The van der Waals surface area contributed by atoms with Crippen LogP contribution in [0, 0.1) is 68.0 Å². The van der Waals surface area contributed by atoms with Gasteiger partial charge in [-0.2, -0.15) is 0 Å². The first-order chi connectivity index (χ1) is 27.4. The van der Waals surface area contributed by atoms with Crippen LogP contribution in [0.2, 0.25) is 5.02 Å². The highest BCUT2D eigenvalue weighted by Crippen LogP contribution is 2.77. The predicted molar refractivity (Wildman–Crippen MR) is 233 cm³/mol. The first-order valence-corrected chi connectivity index (χ1v) is 23.2. The summed E-state index contributed by atoms with van der Waals surface area (Å²) in [6.45, 7) is 22.6. The lowest BCUT2D eigenvalue weighted by atomic mass is 9.33. The zero-order valence-corrected chi connectivity index (χ0v) is 38.8. The number of benzene rings is 1. The number of amides is 1. The first-order valence-electron chi connectivity index (χ1n) is 22.9. The normalized spacial score (nSPS) is 38.2. The van der Waals surface area contributed by atoms with Crippen LogP contribution in [0.3, 0.4) is 0 Å². The van der Waals surface area contributed by atoms with Crippen LogP contribution in [-0.2, 0) is 19.1 Å². The molecular formula is C50H73ClN2O6. The Balaban J connectivity index is 1.14. The molecule has 8 nitrogen and oxygen atoms in total. The van der Waals surface area contributed by atoms with Crippen LogP contribution < -0.4 is 0 Å². The largest absolute Gasteiger partial charge is 0.481 e. The maximum atomic E-state index is 14.3. The predicted octanol–water partition coefficient (Wildman–Crippen LogP) is 10.4. The Kier molecular flexibility index (Phi) is 11.5. The second kappa shape index (κ2) is 15.3. The lowest BCUT2D eigenvalue weighted by molar-refractivity contribution is -0.236. The third-order valence-corrected chi connectivity index (χ3v) is 18.9. The van der Waals surface area contributed by atoms with E-state index >= 15 is 0 Å². The number of likely N-dealkylation sites (N-methyl/N-ethyl adjacent to an activating group) is 1. The number of halogens is 1. The lowest BCUT2D eigenvalue weighted by Crippen LogP contribution is -2.66. The Hall–Kier alpha value is -2.71.